The summed E-state index contributed by atoms with van der Waals surface area (Å²) >= 11 is 2.63. The molecule has 0 amide bonds. The number of azo groups is 1. The Morgan fingerprint density at radius 1 is 0.684 bits per heavy atom. The third-order valence-corrected chi connectivity index (χ3v) is 9.08. The van der Waals surface area contributed by atoms with Crippen molar-refractivity contribution < 1.29 is 25.9 Å². The van der Waals surface area contributed by atoms with Gasteiger partial charge in [-0.25, -0.2) is 9.97 Å². The molecule has 0 aliphatic rings. The predicted molar refractivity (Wildman–Crippen MR) is 147 cm³/mol. The molecule has 0 bridgehead atoms. The Morgan fingerprint density at radius 2 is 1.05 bits per heavy atom. The van der Waals surface area contributed by atoms with Gasteiger partial charge >= 0.3 is 0 Å². The van der Waals surface area contributed by atoms with Crippen molar-refractivity contribution in [3.05, 3.63) is 58.5 Å². The Hall–Kier alpha value is -2.88. The first-order chi connectivity index (χ1) is 17.8. The molecule has 0 aliphatic carbocycles. The van der Waals surface area contributed by atoms with Crippen molar-refractivity contribution in [1.29, 1.82) is 0 Å². The molecule has 14 heteroatoms. The van der Waals surface area contributed by atoms with Crippen molar-refractivity contribution in [2.45, 2.75) is 49.3 Å². The summed E-state index contributed by atoms with van der Waals surface area (Å²) in [7, 11) is -9.20. The zero-order valence-electron chi connectivity index (χ0n) is 20.7. The van der Waals surface area contributed by atoms with E-state index in [0.717, 1.165) is 0 Å². The third-order valence-electron chi connectivity index (χ3n) is 5.64. The van der Waals surface area contributed by atoms with Crippen LogP contribution in [0.25, 0.3) is 21.1 Å². The van der Waals surface area contributed by atoms with E-state index < -0.39 is 32.1 Å². The summed E-state index contributed by atoms with van der Waals surface area (Å²) in [5.41, 5.74) is 1.79. The highest BCUT2D eigenvalue weighted by molar-refractivity contribution is 7.86. The van der Waals surface area contributed by atoms with Gasteiger partial charge in [0.1, 0.15) is 21.4 Å². The summed E-state index contributed by atoms with van der Waals surface area (Å²) in [6.45, 7) is 7.03. The van der Waals surface area contributed by atoms with Crippen LogP contribution in [-0.2, 0) is 20.2 Å². The average molecular weight is 593 g/mol. The first kappa shape index (κ1) is 28.1. The maximum absolute atomic E-state index is 12.3. The fourth-order valence-electron chi connectivity index (χ4n) is 4.12. The first-order valence-electron chi connectivity index (χ1n) is 11.3. The Labute approximate surface area is 228 Å². The minimum Gasteiger partial charge on any atom is -0.282 e. The van der Waals surface area contributed by atoms with Crippen LogP contribution < -0.4 is 0 Å². The number of benzene rings is 2. The van der Waals surface area contributed by atoms with E-state index in [0.29, 0.717) is 21.1 Å². The fourth-order valence-corrected chi connectivity index (χ4v) is 7.15. The van der Waals surface area contributed by atoms with E-state index in [1.807, 2.05) is 0 Å². The van der Waals surface area contributed by atoms with Gasteiger partial charge in [0.2, 0.25) is 0 Å². The van der Waals surface area contributed by atoms with Gasteiger partial charge in [0.25, 0.3) is 20.2 Å². The molecule has 38 heavy (non-hydrogen) atoms. The van der Waals surface area contributed by atoms with Crippen molar-refractivity contribution in [3.63, 3.8) is 0 Å². The molecule has 2 aromatic carbocycles. The lowest BCUT2D eigenvalue weighted by Gasteiger charge is -2.18. The van der Waals surface area contributed by atoms with Crippen LogP contribution in [0.5, 0.6) is 0 Å². The van der Waals surface area contributed by atoms with Gasteiger partial charge in [-0.2, -0.15) is 16.8 Å². The van der Waals surface area contributed by atoms with Crippen molar-refractivity contribution >= 4 is 54.3 Å². The summed E-state index contributed by atoms with van der Waals surface area (Å²) < 4.78 is 68.9. The van der Waals surface area contributed by atoms with Crippen LogP contribution in [0, 0.1) is 0 Å². The van der Waals surface area contributed by atoms with E-state index >= 15 is 0 Å². The molecule has 0 atom stereocenters. The standard InChI is InChI=1S/C24H24N4O6S4/c1-13(2)19-17(37(29,30)31)7-5-15(23-25-9-11-35-23)21(19)27-28-22-16(24-26-10-12-36-24)6-8-18(38(32,33)34)20(22)14(3)4/h5-14H,1-4H3,(H,29,30,31)(H,32,33,34). The van der Waals surface area contributed by atoms with Gasteiger partial charge in [-0.15, -0.1) is 32.9 Å². The second-order valence-corrected chi connectivity index (χ2v) is 13.5. The summed E-state index contributed by atoms with van der Waals surface area (Å²) in [6.07, 6.45) is 3.19. The van der Waals surface area contributed by atoms with Gasteiger partial charge in [-0.3, -0.25) is 9.11 Å². The highest BCUT2D eigenvalue weighted by atomic mass is 32.2. The zero-order chi connectivity index (χ0) is 27.8. The number of rotatable bonds is 8. The fraction of sp³-hybridized carbons (Fsp3) is 0.250. The summed E-state index contributed by atoms with van der Waals surface area (Å²) in [6, 6.07) is 5.61. The second-order valence-electron chi connectivity index (χ2n) is 8.88. The molecule has 200 valence electrons. The van der Waals surface area contributed by atoms with Crippen molar-refractivity contribution in [3.8, 4) is 21.1 Å². The van der Waals surface area contributed by atoms with E-state index in [1.165, 1.54) is 46.9 Å². The lowest BCUT2D eigenvalue weighted by atomic mass is 9.97. The lowest BCUT2D eigenvalue weighted by molar-refractivity contribution is 0.479. The highest BCUT2D eigenvalue weighted by Gasteiger charge is 2.27. The summed E-state index contributed by atoms with van der Waals surface area (Å²) in [5, 5.41) is 13.6. The number of hydrogen-bond donors (Lipinski definition) is 2. The smallest absolute Gasteiger partial charge is 0.282 e. The minimum atomic E-state index is -4.60. The number of thiazole rings is 2. The van der Waals surface area contributed by atoms with Crippen LogP contribution in [-0.4, -0.2) is 35.9 Å². The second kappa shape index (κ2) is 10.7. The maximum atomic E-state index is 12.3. The van der Waals surface area contributed by atoms with Gasteiger partial charge in [0, 0.05) is 45.4 Å². The molecule has 0 unspecified atom stereocenters. The number of hydrogen-bond acceptors (Lipinski definition) is 10. The number of aromatic nitrogens is 2. The van der Waals surface area contributed by atoms with Crippen molar-refractivity contribution in [2.24, 2.45) is 10.2 Å². The molecule has 2 N–H and O–H groups in total. The molecule has 4 rings (SSSR count). The Bertz CT molecular complexity index is 1580. The van der Waals surface area contributed by atoms with E-state index in [9.17, 15) is 25.9 Å². The first-order valence-corrected chi connectivity index (χ1v) is 15.9. The molecule has 2 heterocycles. The highest BCUT2D eigenvalue weighted by Crippen LogP contribution is 2.45. The van der Waals surface area contributed by atoms with Crippen LogP contribution >= 0.6 is 22.7 Å². The van der Waals surface area contributed by atoms with Crippen LogP contribution in [0.2, 0.25) is 0 Å². The molecule has 4 aromatic rings. The van der Waals surface area contributed by atoms with E-state index in [1.54, 1.807) is 50.8 Å². The summed E-state index contributed by atoms with van der Waals surface area (Å²) in [5.74, 6) is -0.791. The van der Waals surface area contributed by atoms with Crippen molar-refractivity contribution in [2.75, 3.05) is 0 Å². The Morgan fingerprint density at radius 3 is 1.32 bits per heavy atom. The topological polar surface area (TPSA) is 159 Å². The van der Waals surface area contributed by atoms with Gasteiger partial charge in [-0.05, 0) is 36.1 Å². The third kappa shape index (κ3) is 5.60. The molecule has 0 saturated carbocycles. The molecule has 0 fully saturated rings. The van der Waals surface area contributed by atoms with E-state index in [2.05, 4.69) is 20.2 Å². The monoisotopic (exact) mass is 592 g/mol. The Balaban J connectivity index is 2.10. The zero-order valence-corrected chi connectivity index (χ0v) is 24.0. The average Bonchev–Trinajstić information content (AvgIpc) is 3.54. The van der Waals surface area contributed by atoms with Gasteiger partial charge < -0.3 is 0 Å². The molecular weight excluding hydrogens is 569 g/mol. The van der Waals surface area contributed by atoms with Crippen LogP contribution in [0.4, 0.5) is 11.4 Å². The molecule has 2 aromatic heterocycles. The minimum absolute atomic E-state index is 0.169. The van der Waals surface area contributed by atoms with Gasteiger partial charge in [0.15, 0.2) is 0 Å². The SMILES string of the molecule is CC(C)c1c(S(=O)(=O)O)ccc(-c2nccs2)c1N=Nc1c(-c2nccs2)ccc(S(=O)(=O)O)c1C(C)C. The molecule has 0 radical (unpaired) electrons. The predicted octanol–water partition coefficient (Wildman–Crippen LogP) is 7.09. The lowest BCUT2D eigenvalue weighted by Crippen LogP contribution is -2.06. The van der Waals surface area contributed by atoms with Gasteiger partial charge in [0.05, 0.1) is 9.79 Å². The molecular formula is C24H24N4O6S4. The van der Waals surface area contributed by atoms with Crippen molar-refractivity contribution in [1.82, 2.24) is 9.97 Å². The maximum Gasteiger partial charge on any atom is 0.294 e. The number of nitrogens with zero attached hydrogens (tertiary/aromatic N) is 4. The molecule has 10 nitrogen and oxygen atoms in total. The quantitative estimate of drug-likeness (QED) is 0.162. The van der Waals surface area contributed by atoms with Crippen LogP contribution in [0.15, 0.2) is 67.4 Å². The molecule has 0 saturated heterocycles. The normalized spacial score (nSPS) is 12.7. The van der Waals surface area contributed by atoms with E-state index in [4.69, 9.17) is 0 Å². The van der Waals surface area contributed by atoms with Crippen LogP contribution in [0.3, 0.4) is 0 Å². The van der Waals surface area contributed by atoms with E-state index in [-0.39, 0.29) is 32.3 Å². The van der Waals surface area contributed by atoms with Crippen LogP contribution in [0.1, 0.15) is 50.7 Å². The Kier molecular flexibility index (Phi) is 7.93. The largest absolute Gasteiger partial charge is 0.294 e. The molecule has 0 aliphatic heterocycles. The summed E-state index contributed by atoms with van der Waals surface area (Å²) in [4.78, 5) is 8.04. The van der Waals surface area contributed by atoms with Gasteiger partial charge in [-0.1, -0.05) is 27.7 Å². The molecule has 0 spiro atoms.